The summed E-state index contributed by atoms with van der Waals surface area (Å²) in [5.74, 6) is -0.284. The Labute approximate surface area is 163 Å². The number of halogens is 2. The van der Waals surface area contributed by atoms with Crippen LogP contribution >= 0.6 is 34.5 Å². The van der Waals surface area contributed by atoms with Gasteiger partial charge in [0.05, 0.1) is 26.7 Å². The molecule has 0 spiro atoms. The van der Waals surface area contributed by atoms with Gasteiger partial charge in [-0.2, -0.15) is 0 Å². The van der Waals surface area contributed by atoms with Crippen LogP contribution in [0.5, 0.6) is 5.75 Å². The lowest BCUT2D eigenvalue weighted by atomic mass is 10.1. The Hall–Kier alpha value is -2.40. The number of carbonyl (C=O) groups is 1. The Balaban J connectivity index is 1.82. The van der Waals surface area contributed by atoms with Crippen LogP contribution in [0.25, 0.3) is 21.5 Å². The molecule has 4 rings (SSSR count). The van der Waals surface area contributed by atoms with Gasteiger partial charge in [0.25, 0.3) is 0 Å². The second kappa shape index (κ2) is 7.08. The first-order valence-electron chi connectivity index (χ1n) is 7.73. The highest BCUT2D eigenvalue weighted by atomic mass is 35.5. The van der Waals surface area contributed by atoms with E-state index in [1.54, 1.807) is 35.6 Å². The van der Waals surface area contributed by atoms with Crippen LogP contribution in [0.3, 0.4) is 0 Å². The maximum atomic E-state index is 12.9. The Kier molecular flexibility index (Phi) is 4.64. The molecule has 0 N–H and O–H groups in total. The van der Waals surface area contributed by atoms with E-state index in [1.165, 1.54) is 0 Å². The SMILES string of the molecule is O=C(Oc1cccc(Cl)c1Cl)c1cc(-c2cccs2)nc2ccccc12. The van der Waals surface area contributed by atoms with Crippen LogP contribution in [0.4, 0.5) is 0 Å². The molecule has 0 radical (unpaired) electrons. The molecule has 128 valence electrons. The zero-order valence-corrected chi connectivity index (χ0v) is 15.6. The first-order chi connectivity index (χ1) is 12.6. The average Bonchev–Trinajstić information content (AvgIpc) is 3.19. The quantitative estimate of drug-likeness (QED) is 0.292. The highest BCUT2D eigenvalue weighted by Crippen LogP contribution is 2.33. The molecule has 26 heavy (non-hydrogen) atoms. The Morgan fingerprint density at radius 1 is 1.00 bits per heavy atom. The Morgan fingerprint density at radius 2 is 1.85 bits per heavy atom. The largest absolute Gasteiger partial charge is 0.421 e. The minimum absolute atomic E-state index is 0.208. The van der Waals surface area contributed by atoms with Crippen molar-refractivity contribution >= 4 is 51.4 Å². The maximum absolute atomic E-state index is 12.9. The number of para-hydroxylation sites is 1. The van der Waals surface area contributed by atoms with Gasteiger partial charge in [-0.3, -0.25) is 0 Å². The smallest absolute Gasteiger partial charge is 0.344 e. The van der Waals surface area contributed by atoms with E-state index in [9.17, 15) is 4.79 Å². The van der Waals surface area contributed by atoms with Crippen molar-refractivity contribution in [2.75, 3.05) is 0 Å². The van der Waals surface area contributed by atoms with E-state index in [-0.39, 0.29) is 10.8 Å². The summed E-state index contributed by atoms with van der Waals surface area (Å²) in [6.45, 7) is 0. The average molecular weight is 400 g/mol. The van der Waals surface area contributed by atoms with E-state index < -0.39 is 5.97 Å². The summed E-state index contributed by atoms with van der Waals surface area (Å²) in [7, 11) is 0. The molecular weight excluding hydrogens is 389 g/mol. The van der Waals surface area contributed by atoms with Crippen LogP contribution in [0.2, 0.25) is 10.0 Å². The third-order valence-electron chi connectivity index (χ3n) is 3.83. The maximum Gasteiger partial charge on any atom is 0.344 e. The topological polar surface area (TPSA) is 39.2 Å². The molecule has 2 aromatic carbocycles. The van der Waals surface area contributed by atoms with E-state index in [0.717, 1.165) is 21.5 Å². The predicted octanol–water partition coefficient (Wildman–Crippen LogP) is 6.49. The number of esters is 1. The summed E-state index contributed by atoms with van der Waals surface area (Å²) >= 11 is 13.7. The zero-order chi connectivity index (χ0) is 18.1. The number of rotatable bonds is 3. The minimum Gasteiger partial charge on any atom is -0.421 e. The van der Waals surface area contributed by atoms with Crippen LogP contribution in [0.15, 0.2) is 66.0 Å². The highest BCUT2D eigenvalue weighted by Gasteiger charge is 2.18. The van der Waals surface area contributed by atoms with Crippen molar-refractivity contribution < 1.29 is 9.53 Å². The third kappa shape index (κ3) is 3.19. The molecule has 0 saturated heterocycles. The number of thiophene rings is 1. The summed E-state index contributed by atoms with van der Waals surface area (Å²) < 4.78 is 5.51. The molecular formula is C20H11Cl2NO2S. The normalized spacial score (nSPS) is 10.8. The molecule has 3 nitrogen and oxygen atoms in total. The summed E-state index contributed by atoms with van der Waals surface area (Å²) in [5.41, 5.74) is 1.88. The molecule has 0 fully saturated rings. The number of aromatic nitrogens is 1. The van der Waals surface area contributed by atoms with Gasteiger partial charge in [-0.05, 0) is 35.7 Å². The van der Waals surface area contributed by atoms with E-state index >= 15 is 0 Å². The van der Waals surface area contributed by atoms with Gasteiger partial charge >= 0.3 is 5.97 Å². The Bertz CT molecular complexity index is 1110. The van der Waals surface area contributed by atoms with Gasteiger partial charge in [0.15, 0.2) is 5.75 Å². The van der Waals surface area contributed by atoms with E-state index in [4.69, 9.17) is 27.9 Å². The minimum atomic E-state index is -0.509. The van der Waals surface area contributed by atoms with Crippen LogP contribution < -0.4 is 4.74 Å². The molecule has 0 aliphatic carbocycles. The lowest BCUT2D eigenvalue weighted by Crippen LogP contribution is -2.10. The summed E-state index contributed by atoms with van der Waals surface area (Å²) in [6, 6.07) is 18.0. The predicted molar refractivity (Wildman–Crippen MR) is 106 cm³/mol. The van der Waals surface area contributed by atoms with Gasteiger partial charge in [0.2, 0.25) is 0 Å². The second-order valence-electron chi connectivity index (χ2n) is 5.49. The molecule has 0 aliphatic rings. The van der Waals surface area contributed by atoms with Gasteiger partial charge in [-0.25, -0.2) is 9.78 Å². The number of hydrogen-bond donors (Lipinski definition) is 0. The molecule has 2 aromatic heterocycles. The molecule has 4 aromatic rings. The number of ether oxygens (including phenoxy) is 1. The van der Waals surface area contributed by atoms with Crippen molar-refractivity contribution in [3.8, 4) is 16.3 Å². The zero-order valence-electron chi connectivity index (χ0n) is 13.3. The number of benzene rings is 2. The van der Waals surface area contributed by atoms with Crippen molar-refractivity contribution in [2.24, 2.45) is 0 Å². The number of pyridine rings is 1. The van der Waals surface area contributed by atoms with Gasteiger partial charge in [-0.15, -0.1) is 11.3 Å². The van der Waals surface area contributed by atoms with E-state index in [2.05, 4.69) is 4.98 Å². The van der Waals surface area contributed by atoms with Crippen molar-refractivity contribution in [1.82, 2.24) is 4.98 Å². The van der Waals surface area contributed by atoms with Gasteiger partial charge in [-0.1, -0.05) is 53.5 Å². The van der Waals surface area contributed by atoms with Crippen molar-refractivity contribution in [1.29, 1.82) is 0 Å². The highest BCUT2D eigenvalue weighted by molar-refractivity contribution is 7.13. The number of carbonyl (C=O) groups excluding carboxylic acids is 1. The second-order valence-corrected chi connectivity index (χ2v) is 7.22. The van der Waals surface area contributed by atoms with Crippen LogP contribution in [-0.2, 0) is 0 Å². The fourth-order valence-electron chi connectivity index (χ4n) is 2.61. The number of hydrogen-bond acceptors (Lipinski definition) is 4. The summed E-state index contributed by atoms with van der Waals surface area (Å²) in [4.78, 5) is 18.5. The van der Waals surface area contributed by atoms with Crippen molar-refractivity contribution in [2.45, 2.75) is 0 Å². The third-order valence-corrected chi connectivity index (χ3v) is 5.52. The first kappa shape index (κ1) is 17.0. The standard InChI is InChI=1S/C20H11Cl2NO2S/c21-14-6-3-8-17(19(14)22)25-20(24)13-11-16(18-9-4-10-26-18)23-15-7-2-1-5-12(13)15/h1-11H. The summed E-state index contributed by atoms with van der Waals surface area (Å²) in [5, 5.41) is 3.22. The molecule has 6 heteroatoms. The van der Waals surface area contributed by atoms with Gasteiger partial charge in [0, 0.05) is 5.39 Å². The fourth-order valence-corrected chi connectivity index (χ4v) is 3.63. The molecule has 0 unspecified atom stereocenters. The van der Waals surface area contributed by atoms with Crippen molar-refractivity contribution in [3.05, 3.63) is 81.7 Å². The lowest BCUT2D eigenvalue weighted by molar-refractivity contribution is 0.0737. The van der Waals surface area contributed by atoms with E-state index in [0.29, 0.717) is 10.6 Å². The monoisotopic (exact) mass is 399 g/mol. The van der Waals surface area contributed by atoms with Gasteiger partial charge < -0.3 is 4.74 Å². The molecule has 2 heterocycles. The fraction of sp³-hybridized carbons (Fsp3) is 0. The van der Waals surface area contributed by atoms with Crippen LogP contribution in [0.1, 0.15) is 10.4 Å². The molecule has 0 bridgehead atoms. The first-order valence-corrected chi connectivity index (χ1v) is 9.37. The molecule has 0 amide bonds. The summed E-state index contributed by atoms with van der Waals surface area (Å²) in [6.07, 6.45) is 0. The number of fused-ring (bicyclic) bond motifs is 1. The van der Waals surface area contributed by atoms with Crippen LogP contribution in [0, 0.1) is 0 Å². The molecule has 0 saturated carbocycles. The molecule has 0 aliphatic heterocycles. The molecule has 0 atom stereocenters. The van der Waals surface area contributed by atoms with Gasteiger partial charge in [0.1, 0.15) is 5.02 Å². The van der Waals surface area contributed by atoms with Crippen molar-refractivity contribution in [3.63, 3.8) is 0 Å². The van der Waals surface area contributed by atoms with Crippen LogP contribution in [-0.4, -0.2) is 11.0 Å². The Morgan fingerprint density at radius 3 is 2.65 bits per heavy atom. The number of nitrogens with zero attached hydrogens (tertiary/aromatic N) is 1. The van der Waals surface area contributed by atoms with E-state index in [1.807, 2.05) is 41.8 Å². The lowest BCUT2D eigenvalue weighted by Gasteiger charge is -2.10.